The summed E-state index contributed by atoms with van der Waals surface area (Å²) in [6.45, 7) is 3.76. The molecule has 0 spiro atoms. The van der Waals surface area contributed by atoms with Gasteiger partial charge in [-0.2, -0.15) is 0 Å². The minimum Gasteiger partial charge on any atom is -0.464 e. The van der Waals surface area contributed by atoms with Crippen LogP contribution in [0.1, 0.15) is 44.1 Å². The highest BCUT2D eigenvalue weighted by atomic mass is 16.5. The Morgan fingerprint density at radius 1 is 1.17 bits per heavy atom. The van der Waals surface area contributed by atoms with Gasteiger partial charge in [0.15, 0.2) is 0 Å². The van der Waals surface area contributed by atoms with Gasteiger partial charge in [0.2, 0.25) is 0 Å². The summed E-state index contributed by atoms with van der Waals surface area (Å²) in [5.74, 6) is 1.23. The van der Waals surface area contributed by atoms with Gasteiger partial charge in [0.05, 0.1) is 5.41 Å². The SMILES string of the molecule is O=C(OCCN1CCCC1)C1(c2ccccc2)C[C@@H]2CC[C@H]1C2. The third kappa shape index (κ3) is 2.69. The minimum atomic E-state index is -0.366. The topological polar surface area (TPSA) is 29.5 Å². The second-order valence-corrected chi connectivity index (χ2v) is 7.60. The number of hydrogen-bond acceptors (Lipinski definition) is 3. The molecule has 2 aliphatic carbocycles. The molecule has 1 aliphatic heterocycles. The van der Waals surface area contributed by atoms with Crippen LogP contribution in [0.25, 0.3) is 0 Å². The van der Waals surface area contributed by atoms with Crippen molar-refractivity contribution in [3.63, 3.8) is 0 Å². The molecule has 3 aliphatic rings. The molecule has 0 radical (unpaired) electrons. The van der Waals surface area contributed by atoms with E-state index < -0.39 is 0 Å². The molecule has 1 saturated heterocycles. The minimum absolute atomic E-state index is 0.0371. The van der Waals surface area contributed by atoms with Gasteiger partial charge in [-0.25, -0.2) is 0 Å². The van der Waals surface area contributed by atoms with Crippen molar-refractivity contribution in [2.24, 2.45) is 11.8 Å². The largest absolute Gasteiger partial charge is 0.464 e. The van der Waals surface area contributed by atoms with Crippen LogP contribution in [0.5, 0.6) is 0 Å². The predicted molar refractivity (Wildman–Crippen MR) is 90.2 cm³/mol. The van der Waals surface area contributed by atoms with Gasteiger partial charge in [-0.05, 0) is 62.6 Å². The molecule has 3 nitrogen and oxygen atoms in total. The molecule has 4 rings (SSSR count). The molecule has 3 atom stereocenters. The fourth-order valence-corrected chi connectivity index (χ4v) is 5.19. The third-order valence-electron chi connectivity index (χ3n) is 6.34. The molecular weight excluding hydrogens is 286 g/mol. The van der Waals surface area contributed by atoms with Gasteiger partial charge in [-0.15, -0.1) is 0 Å². The van der Waals surface area contributed by atoms with Gasteiger partial charge >= 0.3 is 5.97 Å². The lowest BCUT2D eigenvalue weighted by Crippen LogP contribution is -2.43. The number of ether oxygens (including phenoxy) is 1. The van der Waals surface area contributed by atoms with Crippen molar-refractivity contribution < 1.29 is 9.53 Å². The van der Waals surface area contributed by atoms with Gasteiger partial charge in [0.25, 0.3) is 0 Å². The highest BCUT2D eigenvalue weighted by Gasteiger charge is 2.57. The zero-order chi connectivity index (χ0) is 15.7. The van der Waals surface area contributed by atoms with E-state index in [4.69, 9.17) is 4.74 Å². The summed E-state index contributed by atoms with van der Waals surface area (Å²) in [6, 6.07) is 10.4. The number of esters is 1. The molecule has 1 aromatic carbocycles. The molecule has 3 fully saturated rings. The van der Waals surface area contributed by atoms with Crippen LogP contribution in [0.15, 0.2) is 30.3 Å². The smallest absolute Gasteiger partial charge is 0.316 e. The van der Waals surface area contributed by atoms with Crippen molar-refractivity contribution in [3.05, 3.63) is 35.9 Å². The summed E-state index contributed by atoms with van der Waals surface area (Å²) in [5, 5.41) is 0. The maximum absolute atomic E-state index is 13.1. The summed E-state index contributed by atoms with van der Waals surface area (Å²) >= 11 is 0. The fourth-order valence-electron chi connectivity index (χ4n) is 5.19. The maximum atomic E-state index is 13.1. The van der Waals surface area contributed by atoms with Crippen LogP contribution in [0.3, 0.4) is 0 Å². The molecule has 2 saturated carbocycles. The van der Waals surface area contributed by atoms with Crippen LogP contribution in [-0.2, 0) is 14.9 Å². The van der Waals surface area contributed by atoms with E-state index in [1.807, 2.05) is 6.07 Å². The van der Waals surface area contributed by atoms with Crippen molar-refractivity contribution in [3.8, 4) is 0 Å². The summed E-state index contributed by atoms with van der Waals surface area (Å²) in [4.78, 5) is 15.5. The molecule has 1 unspecified atom stereocenters. The van der Waals surface area contributed by atoms with Crippen LogP contribution in [0.4, 0.5) is 0 Å². The highest BCUT2D eigenvalue weighted by Crippen LogP contribution is 2.57. The number of likely N-dealkylation sites (tertiary alicyclic amines) is 1. The number of nitrogens with zero attached hydrogens (tertiary/aromatic N) is 1. The van der Waals surface area contributed by atoms with Crippen molar-refractivity contribution in [2.75, 3.05) is 26.2 Å². The Hall–Kier alpha value is -1.35. The normalized spacial score (nSPS) is 33.2. The Balaban J connectivity index is 1.48. The molecule has 3 heteroatoms. The van der Waals surface area contributed by atoms with E-state index in [1.54, 1.807) is 0 Å². The molecule has 1 aromatic rings. The van der Waals surface area contributed by atoms with Gasteiger partial charge in [0.1, 0.15) is 6.61 Å². The summed E-state index contributed by atoms with van der Waals surface area (Å²) in [5.41, 5.74) is 0.813. The average Bonchev–Trinajstić information content (AvgIpc) is 3.32. The number of carbonyl (C=O) groups excluding carboxylic acids is 1. The van der Waals surface area contributed by atoms with Crippen molar-refractivity contribution in [2.45, 2.75) is 43.9 Å². The average molecular weight is 313 g/mol. The van der Waals surface area contributed by atoms with Crippen molar-refractivity contribution in [1.82, 2.24) is 4.90 Å². The Bertz CT molecular complexity index is 552. The van der Waals surface area contributed by atoms with E-state index in [2.05, 4.69) is 29.2 Å². The van der Waals surface area contributed by atoms with Crippen LogP contribution in [0, 0.1) is 11.8 Å². The van der Waals surface area contributed by atoms with Gasteiger partial charge < -0.3 is 4.74 Å². The summed E-state index contributed by atoms with van der Waals surface area (Å²) < 4.78 is 5.82. The number of benzene rings is 1. The fraction of sp³-hybridized carbons (Fsp3) is 0.650. The predicted octanol–water partition coefficient (Wildman–Crippen LogP) is 3.38. The lowest BCUT2D eigenvalue weighted by atomic mass is 9.68. The molecule has 0 N–H and O–H groups in total. The Kier molecular flexibility index (Phi) is 4.14. The van der Waals surface area contributed by atoms with E-state index in [0.717, 1.165) is 26.1 Å². The van der Waals surface area contributed by atoms with E-state index in [0.29, 0.717) is 18.4 Å². The number of rotatable bonds is 5. The van der Waals surface area contributed by atoms with E-state index in [9.17, 15) is 4.79 Å². The zero-order valence-corrected chi connectivity index (χ0v) is 13.9. The van der Waals surface area contributed by atoms with Crippen LogP contribution >= 0.6 is 0 Å². The highest BCUT2D eigenvalue weighted by molar-refractivity contribution is 5.84. The first-order valence-electron chi connectivity index (χ1n) is 9.24. The van der Waals surface area contributed by atoms with E-state index >= 15 is 0 Å². The molecule has 2 bridgehead atoms. The van der Waals surface area contributed by atoms with E-state index in [-0.39, 0.29) is 11.4 Å². The Morgan fingerprint density at radius 2 is 1.96 bits per heavy atom. The molecule has 23 heavy (non-hydrogen) atoms. The van der Waals surface area contributed by atoms with Crippen molar-refractivity contribution >= 4 is 5.97 Å². The second-order valence-electron chi connectivity index (χ2n) is 7.60. The standard InChI is InChI=1S/C20H27NO2/c22-19(23-13-12-21-10-4-5-11-21)20(17-6-2-1-3-7-17)15-16-8-9-18(20)14-16/h1-3,6-7,16,18H,4-5,8-15H2/t16-,18+,20?/m1/s1. The maximum Gasteiger partial charge on any atom is 0.316 e. The lowest BCUT2D eigenvalue weighted by Gasteiger charge is -2.36. The monoisotopic (exact) mass is 313 g/mol. The van der Waals surface area contributed by atoms with Crippen LogP contribution in [0.2, 0.25) is 0 Å². The lowest BCUT2D eigenvalue weighted by molar-refractivity contribution is -0.153. The zero-order valence-electron chi connectivity index (χ0n) is 13.9. The first kappa shape index (κ1) is 15.2. The van der Waals surface area contributed by atoms with Gasteiger partial charge in [0, 0.05) is 6.54 Å². The van der Waals surface area contributed by atoms with Crippen LogP contribution < -0.4 is 0 Å². The number of fused-ring (bicyclic) bond motifs is 2. The van der Waals surface area contributed by atoms with E-state index in [1.165, 1.54) is 37.7 Å². The Morgan fingerprint density at radius 3 is 2.61 bits per heavy atom. The third-order valence-corrected chi connectivity index (χ3v) is 6.34. The number of carbonyl (C=O) groups is 1. The molecule has 0 aromatic heterocycles. The molecule has 0 amide bonds. The quantitative estimate of drug-likeness (QED) is 0.781. The molecule has 1 heterocycles. The summed E-state index contributed by atoms with van der Waals surface area (Å²) in [6.07, 6.45) is 7.23. The molecular formula is C20H27NO2. The molecule has 124 valence electrons. The summed E-state index contributed by atoms with van der Waals surface area (Å²) in [7, 11) is 0. The second kappa shape index (κ2) is 6.27. The first-order chi connectivity index (χ1) is 11.3. The van der Waals surface area contributed by atoms with Gasteiger partial charge in [-0.1, -0.05) is 36.8 Å². The van der Waals surface area contributed by atoms with Gasteiger partial charge in [-0.3, -0.25) is 9.69 Å². The van der Waals surface area contributed by atoms with Crippen LogP contribution in [-0.4, -0.2) is 37.1 Å². The first-order valence-corrected chi connectivity index (χ1v) is 9.24. The van der Waals surface area contributed by atoms with Crippen molar-refractivity contribution in [1.29, 1.82) is 0 Å². The Labute approximate surface area is 139 Å². The number of hydrogen-bond donors (Lipinski definition) is 0.